The number of benzene rings is 1. The van der Waals surface area contributed by atoms with Crippen LogP contribution in [0.15, 0.2) is 24.4 Å². The van der Waals surface area contributed by atoms with Crippen molar-refractivity contribution in [3.63, 3.8) is 0 Å². The number of nitrogens with one attached hydrogen (secondary N) is 1. The van der Waals surface area contributed by atoms with Crippen LogP contribution in [0.3, 0.4) is 0 Å². The quantitative estimate of drug-likeness (QED) is 0.926. The molecule has 1 fully saturated rings. The molecule has 1 saturated carbocycles. The van der Waals surface area contributed by atoms with E-state index in [4.69, 9.17) is 0 Å². The molecule has 0 spiro atoms. The van der Waals surface area contributed by atoms with E-state index in [0.717, 1.165) is 18.4 Å². The van der Waals surface area contributed by atoms with Gasteiger partial charge in [-0.05, 0) is 43.4 Å². The summed E-state index contributed by atoms with van der Waals surface area (Å²) in [6.45, 7) is 4.83. The molecule has 0 saturated heterocycles. The first-order chi connectivity index (χ1) is 9.65. The van der Waals surface area contributed by atoms with Gasteiger partial charge >= 0.3 is 0 Å². The molecular weight excluding hydrogens is 252 g/mol. The van der Waals surface area contributed by atoms with Crippen LogP contribution in [0.25, 0.3) is 0 Å². The third-order valence-electron chi connectivity index (χ3n) is 3.81. The van der Waals surface area contributed by atoms with Crippen molar-refractivity contribution in [2.24, 2.45) is 0 Å². The zero-order valence-corrected chi connectivity index (χ0v) is 11.8. The van der Waals surface area contributed by atoms with Gasteiger partial charge in [0, 0.05) is 12.6 Å². The molecule has 1 aromatic heterocycles. The van der Waals surface area contributed by atoms with Crippen molar-refractivity contribution in [3.8, 4) is 0 Å². The monoisotopic (exact) mass is 270 g/mol. The fourth-order valence-electron chi connectivity index (χ4n) is 2.30. The highest BCUT2D eigenvalue weighted by Crippen LogP contribution is 2.29. The molecule has 1 N–H and O–H groups in total. The molecule has 0 bridgehead atoms. The summed E-state index contributed by atoms with van der Waals surface area (Å²) in [4.78, 5) is 14.4. The Morgan fingerprint density at radius 3 is 2.75 bits per heavy atom. The molecule has 3 rings (SSSR count). The molecule has 5 heteroatoms. The fourth-order valence-corrected chi connectivity index (χ4v) is 2.30. The Bertz CT molecular complexity index is 617. The molecule has 0 radical (unpaired) electrons. The van der Waals surface area contributed by atoms with Gasteiger partial charge in [-0.2, -0.15) is 15.4 Å². The molecule has 1 amide bonds. The Morgan fingerprint density at radius 2 is 2.15 bits per heavy atom. The SMILES string of the molecule is Cc1ccc(CN(C(=O)c2cn[nH]n2)C2CC2)cc1C. The first-order valence-corrected chi connectivity index (χ1v) is 6.88. The summed E-state index contributed by atoms with van der Waals surface area (Å²) in [6, 6.07) is 6.70. The van der Waals surface area contributed by atoms with Gasteiger partial charge in [0.05, 0.1) is 6.20 Å². The summed E-state index contributed by atoms with van der Waals surface area (Å²) < 4.78 is 0. The van der Waals surface area contributed by atoms with Crippen LogP contribution in [-0.2, 0) is 6.54 Å². The zero-order valence-electron chi connectivity index (χ0n) is 11.8. The molecule has 104 valence electrons. The van der Waals surface area contributed by atoms with Crippen molar-refractivity contribution >= 4 is 5.91 Å². The van der Waals surface area contributed by atoms with Crippen molar-refractivity contribution in [2.75, 3.05) is 0 Å². The third kappa shape index (κ3) is 2.57. The minimum Gasteiger partial charge on any atom is -0.330 e. The number of nitrogens with zero attached hydrogens (tertiary/aromatic N) is 3. The summed E-state index contributed by atoms with van der Waals surface area (Å²) in [5.74, 6) is -0.0421. The van der Waals surface area contributed by atoms with Crippen molar-refractivity contribution in [1.82, 2.24) is 20.3 Å². The van der Waals surface area contributed by atoms with Gasteiger partial charge in [0.15, 0.2) is 5.69 Å². The van der Waals surface area contributed by atoms with Crippen LogP contribution in [0, 0.1) is 13.8 Å². The van der Waals surface area contributed by atoms with Gasteiger partial charge in [0.2, 0.25) is 0 Å². The lowest BCUT2D eigenvalue weighted by molar-refractivity contribution is 0.0724. The van der Waals surface area contributed by atoms with E-state index >= 15 is 0 Å². The lowest BCUT2D eigenvalue weighted by atomic mass is 10.1. The van der Waals surface area contributed by atoms with Crippen LogP contribution < -0.4 is 0 Å². The summed E-state index contributed by atoms with van der Waals surface area (Å²) in [6.07, 6.45) is 3.64. The molecular formula is C15H18N4O. The number of amides is 1. The first-order valence-electron chi connectivity index (χ1n) is 6.88. The second-order valence-electron chi connectivity index (χ2n) is 5.44. The van der Waals surface area contributed by atoms with E-state index in [0.29, 0.717) is 18.3 Å². The smallest absolute Gasteiger partial charge is 0.276 e. The Labute approximate surface area is 118 Å². The standard InChI is InChI=1S/C15H18N4O/c1-10-3-4-12(7-11(10)2)9-19(13-5-6-13)15(20)14-8-16-18-17-14/h3-4,7-8,13H,5-6,9H2,1-2H3,(H,16,17,18). The predicted octanol–water partition coefficient (Wildman–Crippen LogP) is 2.23. The second-order valence-corrected chi connectivity index (χ2v) is 5.44. The summed E-state index contributed by atoms with van der Waals surface area (Å²) in [7, 11) is 0. The van der Waals surface area contributed by atoms with Crippen molar-refractivity contribution < 1.29 is 4.79 Å². The number of carbonyl (C=O) groups is 1. The molecule has 0 aliphatic heterocycles. The number of H-pyrrole nitrogens is 1. The van der Waals surface area contributed by atoms with E-state index in [-0.39, 0.29) is 5.91 Å². The predicted molar refractivity (Wildman–Crippen MR) is 75.2 cm³/mol. The van der Waals surface area contributed by atoms with Gasteiger partial charge in [-0.15, -0.1) is 0 Å². The average Bonchev–Trinajstić information content (AvgIpc) is 3.13. The fraction of sp³-hybridized carbons (Fsp3) is 0.400. The zero-order chi connectivity index (χ0) is 14.1. The summed E-state index contributed by atoms with van der Waals surface area (Å²) >= 11 is 0. The van der Waals surface area contributed by atoms with Crippen LogP contribution in [-0.4, -0.2) is 32.3 Å². The molecule has 0 unspecified atom stereocenters. The molecule has 20 heavy (non-hydrogen) atoms. The van der Waals surface area contributed by atoms with E-state index in [1.54, 1.807) is 0 Å². The number of hydrogen-bond donors (Lipinski definition) is 1. The highest BCUT2D eigenvalue weighted by atomic mass is 16.2. The van der Waals surface area contributed by atoms with Crippen LogP contribution >= 0.6 is 0 Å². The normalized spacial score (nSPS) is 14.3. The number of aromatic amines is 1. The Kier molecular flexibility index (Phi) is 3.26. The average molecular weight is 270 g/mol. The number of aromatic nitrogens is 3. The van der Waals surface area contributed by atoms with Gasteiger partial charge in [-0.3, -0.25) is 4.79 Å². The van der Waals surface area contributed by atoms with Crippen molar-refractivity contribution in [2.45, 2.75) is 39.3 Å². The minimum atomic E-state index is -0.0421. The molecule has 1 aliphatic rings. The lowest BCUT2D eigenvalue weighted by Crippen LogP contribution is -2.32. The lowest BCUT2D eigenvalue weighted by Gasteiger charge is -2.21. The Balaban J connectivity index is 1.81. The summed E-state index contributed by atoms with van der Waals surface area (Å²) in [5, 5.41) is 10.1. The van der Waals surface area contributed by atoms with Crippen LogP contribution in [0.1, 0.15) is 40.0 Å². The van der Waals surface area contributed by atoms with E-state index in [2.05, 4.69) is 47.5 Å². The maximum absolute atomic E-state index is 12.4. The van der Waals surface area contributed by atoms with Crippen molar-refractivity contribution in [3.05, 3.63) is 46.8 Å². The third-order valence-corrected chi connectivity index (χ3v) is 3.81. The van der Waals surface area contributed by atoms with E-state index < -0.39 is 0 Å². The van der Waals surface area contributed by atoms with Gasteiger partial charge in [0.25, 0.3) is 5.91 Å². The number of aryl methyl sites for hydroxylation is 2. The van der Waals surface area contributed by atoms with Gasteiger partial charge < -0.3 is 4.90 Å². The molecule has 0 atom stereocenters. The maximum Gasteiger partial charge on any atom is 0.276 e. The minimum absolute atomic E-state index is 0.0421. The Morgan fingerprint density at radius 1 is 1.35 bits per heavy atom. The number of carbonyl (C=O) groups excluding carboxylic acids is 1. The van der Waals surface area contributed by atoms with Crippen molar-refractivity contribution in [1.29, 1.82) is 0 Å². The van der Waals surface area contributed by atoms with Crippen LogP contribution in [0.2, 0.25) is 0 Å². The molecule has 1 aromatic carbocycles. The maximum atomic E-state index is 12.4. The topological polar surface area (TPSA) is 61.9 Å². The van der Waals surface area contributed by atoms with E-state index in [9.17, 15) is 4.79 Å². The number of hydrogen-bond acceptors (Lipinski definition) is 3. The van der Waals surface area contributed by atoms with Crippen LogP contribution in [0.5, 0.6) is 0 Å². The van der Waals surface area contributed by atoms with E-state index in [1.165, 1.54) is 17.3 Å². The summed E-state index contributed by atoms with van der Waals surface area (Å²) in [5.41, 5.74) is 4.08. The molecule has 5 nitrogen and oxygen atoms in total. The van der Waals surface area contributed by atoms with E-state index in [1.807, 2.05) is 4.90 Å². The highest BCUT2D eigenvalue weighted by Gasteiger charge is 2.33. The first kappa shape index (κ1) is 12.8. The van der Waals surface area contributed by atoms with Gasteiger partial charge in [0.1, 0.15) is 0 Å². The van der Waals surface area contributed by atoms with Crippen LogP contribution in [0.4, 0.5) is 0 Å². The van der Waals surface area contributed by atoms with Gasteiger partial charge in [-0.25, -0.2) is 0 Å². The Hall–Kier alpha value is -2.17. The molecule has 2 aromatic rings. The van der Waals surface area contributed by atoms with Gasteiger partial charge in [-0.1, -0.05) is 18.2 Å². The molecule has 1 aliphatic carbocycles. The molecule has 1 heterocycles. The second kappa shape index (κ2) is 5.07. The highest BCUT2D eigenvalue weighted by molar-refractivity contribution is 5.92. The number of rotatable bonds is 4. The largest absolute Gasteiger partial charge is 0.330 e.